The average molecular weight is 342 g/mol. The van der Waals surface area contributed by atoms with Crippen LogP contribution in [0.2, 0.25) is 0 Å². The number of carbonyl (C=O) groups is 2. The Balaban J connectivity index is 1.42. The number of primary amides is 1. The molecule has 0 unspecified atom stereocenters. The van der Waals surface area contributed by atoms with Gasteiger partial charge in [-0.15, -0.1) is 0 Å². The van der Waals surface area contributed by atoms with Gasteiger partial charge in [-0.3, -0.25) is 14.5 Å². The lowest BCUT2D eigenvalue weighted by Gasteiger charge is -2.44. The van der Waals surface area contributed by atoms with Crippen LogP contribution in [0.1, 0.15) is 29.4 Å². The van der Waals surface area contributed by atoms with Crippen molar-refractivity contribution in [3.8, 4) is 0 Å². The first-order valence-electron chi connectivity index (χ1n) is 8.09. The Morgan fingerprint density at radius 3 is 2.68 bits per heavy atom. The third-order valence-electron chi connectivity index (χ3n) is 4.74. The zero-order valence-corrected chi connectivity index (χ0v) is 13.5. The third kappa shape index (κ3) is 2.82. The van der Waals surface area contributed by atoms with Gasteiger partial charge in [0.1, 0.15) is 5.54 Å². The van der Waals surface area contributed by atoms with Gasteiger partial charge in [0, 0.05) is 13.1 Å². The lowest BCUT2D eigenvalue weighted by atomic mass is 9.84. The van der Waals surface area contributed by atoms with E-state index >= 15 is 0 Å². The predicted octanol–water partition coefficient (Wildman–Crippen LogP) is 0.567. The molecule has 2 aromatic rings. The van der Waals surface area contributed by atoms with E-state index < -0.39 is 11.4 Å². The second kappa shape index (κ2) is 5.85. The summed E-state index contributed by atoms with van der Waals surface area (Å²) in [5, 5.41) is 10.2. The topological polar surface area (TPSA) is 126 Å². The number of anilines is 2. The molecule has 4 N–H and O–H groups in total. The van der Waals surface area contributed by atoms with Gasteiger partial charge in [-0.05, 0) is 25.0 Å². The number of para-hydroxylation sites is 2. The fourth-order valence-corrected chi connectivity index (χ4v) is 3.32. The van der Waals surface area contributed by atoms with Crippen molar-refractivity contribution in [2.24, 2.45) is 5.73 Å². The number of nitrogens with one attached hydrogen (secondary N) is 2. The van der Waals surface area contributed by atoms with Crippen molar-refractivity contribution in [1.82, 2.24) is 15.0 Å². The van der Waals surface area contributed by atoms with Crippen molar-refractivity contribution in [1.29, 1.82) is 0 Å². The Morgan fingerprint density at radius 1 is 1.28 bits per heavy atom. The van der Waals surface area contributed by atoms with Crippen LogP contribution < -0.4 is 16.4 Å². The summed E-state index contributed by atoms with van der Waals surface area (Å²) in [6.45, 7) is 1.84. The van der Waals surface area contributed by atoms with E-state index in [0.717, 1.165) is 11.4 Å². The van der Waals surface area contributed by atoms with Gasteiger partial charge in [-0.25, -0.2) is 0 Å². The van der Waals surface area contributed by atoms with Crippen molar-refractivity contribution < 1.29 is 14.1 Å². The van der Waals surface area contributed by atoms with Crippen molar-refractivity contribution in [2.45, 2.75) is 24.9 Å². The summed E-state index contributed by atoms with van der Waals surface area (Å²) in [5.74, 6) is -0.510. The molecule has 1 spiro atoms. The molecule has 0 bridgehead atoms. The Labute approximate surface area is 143 Å². The van der Waals surface area contributed by atoms with Crippen molar-refractivity contribution in [3.05, 3.63) is 36.0 Å². The second-order valence-electron chi connectivity index (χ2n) is 6.36. The Kier molecular flexibility index (Phi) is 3.65. The molecule has 3 heterocycles. The van der Waals surface area contributed by atoms with Gasteiger partial charge in [0.25, 0.3) is 0 Å². The number of amides is 2. The first kappa shape index (κ1) is 15.6. The maximum Gasteiger partial charge on any atom is 0.315 e. The molecule has 25 heavy (non-hydrogen) atoms. The van der Waals surface area contributed by atoms with Gasteiger partial charge in [-0.2, -0.15) is 4.98 Å². The molecule has 2 amide bonds. The summed E-state index contributed by atoms with van der Waals surface area (Å²) in [4.78, 5) is 29.7. The number of carbonyl (C=O) groups excluding carboxylic acids is 2. The molecule has 0 aliphatic carbocycles. The van der Waals surface area contributed by atoms with Crippen molar-refractivity contribution in [2.75, 3.05) is 23.7 Å². The minimum atomic E-state index is -0.738. The molecule has 1 fully saturated rings. The first-order chi connectivity index (χ1) is 12.1. The zero-order valence-electron chi connectivity index (χ0n) is 13.5. The smallest absolute Gasteiger partial charge is 0.315 e. The molecule has 1 saturated heterocycles. The van der Waals surface area contributed by atoms with E-state index in [9.17, 15) is 9.59 Å². The lowest BCUT2D eigenvalue weighted by Crippen LogP contribution is -2.58. The number of nitrogens with two attached hydrogens (primary N) is 1. The zero-order chi connectivity index (χ0) is 17.4. The summed E-state index contributed by atoms with van der Waals surface area (Å²) in [6.07, 6.45) is 1.32. The predicted molar refractivity (Wildman–Crippen MR) is 88.8 cm³/mol. The molecule has 1 aromatic carbocycles. The van der Waals surface area contributed by atoms with E-state index in [-0.39, 0.29) is 11.8 Å². The second-order valence-corrected chi connectivity index (χ2v) is 6.36. The maximum atomic E-state index is 12.6. The summed E-state index contributed by atoms with van der Waals surface area (Å²) >= 11 is 0. The number of hydrogen-bond donors (Lipinski definition) is 3. The summed E-state index contributed by atoms with van der Waals surface area (Å²) < 4.78 is 4.79. The molecule has 4 rings (SSSR count). The fourth-order valence-electron chi connectivity index (χ4n) is 3.32. The number of hydrogen-bond acceptors (Lipinski definition) is 7. The Bertz CT molecular complexity index is 825. The number of likely N-dealkylation sites (tertiary alicyclic amines) is 1. The Morgan fingerprint density at radius 2 is 2.00 bits per heavy atom. The van der Waals surface area contributed by atoms with E-state index in [1.54, 1.807) is 0 Å². The Hall–Kier alpha value is -2.94. The van der Waals surface area contributed by atoms with Crippen LogP contribution in [0, 0.1) is 0 Å². The number of fused-ring (bicyclic) bond motifs is 1. The quantitative estimate of drug-likeness (QED) is 0.744. The molecule has 0 radical (unpaired) electrons. The largest absolute Gasteiger partial charge is 0.369 e. The van der Waals surface area contributed by atoms with E-state index in [2.05, 4.69) is 25.7 Å². The average Bonchev–Trinajstić information content (AvgIpc) is 3.07. The van der Waals surface area contributed by atoms with Crippen LogP contribution in [-0.4, -0.2) is 45.5 Å². The van der Waals surface area contributed by atoms with Crippen LogP contribution >= 0.6 is 0 Å². The van der Waals surface area contributed by atoms with Crippen molar-refractivity contribution >= 4 is 23.2 Å². The van der Waals surface area contributed by atoms with Gasteiger partial charge in [0.15, 0.2) is 5.82 Å². The third-order valence-corrected chi connectivity index (χ3v) is 4.74. The minimum absolute atomic E-state index is 0.00132. The lowest BCUT2D eigenvalue weighted by molar-refractivity contribution is -0.122. The molecule has 2 aliphatic heterocycles. The molecule has 130 valence electrons. The van der Waals surface area contributed by atoms with Crippen LogP contribution in [0.25, 0.3) is 0 Å². The van der Waals surface area contributed by atoms with Gasteiger partial charge in [0.05, 0.1) is 17.9 Å². The summed E-state index contributed by atoms with van der Waals surface area (Å²) in [6, 6.07) is 7.69. The monoisotopic (exact) mass is 342 g/mol. The number of benzene rings is 1. The number of rotatable bonds is 3. The van der Waals surface area contributed by atoms with E-state index in [1.807, 2.05) is 24.3 Å². The van der Waals surface area contributed by atoms with Crippen LogP contribution in [-0.2, 0) is 11.3 Å². The minimum Gasteiger partial charge on any atom is -0.369 e. The van der Waals surface area contributed by atoms with Crippen LogP contribution in [0.4, 0.5) is 11.4 Å². The van der Waals surface area contributed by atoms with Gasteiger partial charge >= 0.3 is 11.8 Å². The summed E-state index contributed by atoms with van der Waals surface area (Å²) in [5.41, 5.74) is 6.27. The van der Waals surface area contributed by atoms with E-state index in [1.165, 1.54) is 0 Å². The van der Waals surface area contributed by atoms with E-state index in [4.69, 9.17) is 10.3 Å². The molecule has 1 aromatic heterocycles. The normalized spacial score (nSPS) is 19.1. The SMILES string of the molecule is NC(=O)c1nc(CN2CCC3(CC2)Nc2ccccc2NC3=O)no1. The molecule has 2 aliphatic rings. The highest BCUT2D eigenvalue weighted by atomic mass is 16.5. The number of nitrogens with zero attached hydrogens (tertiary/aromatic N) is 3. The van der Waals surface area contributed by atoms with Gasteiger partial charge < -0.3 is 20.9 Å². The van der Waals surface area contributed by atoms with Crippen molar-refractivity contribution in [3.63, 3.8) is 0 Å². The highest BCUT2D eigenvalue weighted by molar-refractivity contribution is 6.06. The van der Waals surface area contributed by atoms with Crippen LogP contribution in [0.3, 0.4) is 0 Å². The van der Waals surface area contributed by atoms with Crippen LogP contribution in [0.15, 0.2) is 28.8 Å². The van der Waals surface area contributed by atoms with Gasteiger partial charge in [0.2, 0.25) is 5.91 Å². The molecular weight excluding hydrogens is 324 g/mol. The number of piperidine rings is 1. The first-order valence-corrected chi connectivity index (χ1v) is 8.09. The highest BCUT2D eigenvalue weighted by Gasteiger charge is 2.44. The standard InChI is InChI=1S/C16H18N6O3/c17-13(23)14-19-12(21-25-14)9-22-7-5-16(6-8-22)15(24)18-10-3-1-2-4-11(10)20-16/h1-4,20H,5-9H2,(H2,17,23)(H,18,24). The van der Waals surface area contributed by atoms with E-state index in [0.29, 0.717) is 38.3 Å². The molecule has 9 heteroatoms. The van der Waals surface area contributed by atoms with Gasteiger partial charge in [-0.1, -0.05) is 17.3 Å². The van der Waals surface area contributed by atoms with Crippen LogP contribution in [0.5, 0.6) is 0 Å². The molecule has 9 nitrogen and oxygen atoms in total. The highest BCUT2D eigenvalue weighted by Crippen LogP contribution is 2.36. The molecule has 0 saturated carbocycles. The summed E-state index contributed by atoms with van der Waals surface area (Å²) in [7, 11) is 0. The fraction of sp³-hybridized carbons (Fsp3) is 0.375. The molecule has 0 atom stereocenters. The maximum absolute atomic E-state index is 12.6. The number of aromatic nitrogens is 2. The molecular formula is C16H18N6O3.